The molecule has 0 spiro atoms. The first-order valence-corrected chi connectivity index (χ1v) is 7.57. The SMILES string of the molecule is CCNCc1ccc(Cl)cc1Oc1ccc(I)cc1. The molecule has 0 radical (unpaired) electrons. The monoisotopic (exact) mass is 387 g/mol. The van der Waals surface area contributed by atoms with Gasteiger partial charge in [-0.3, -0.25) is 0 Å². The molecule has 0 fully saturated rings. The molecule has 4 heteroatoms. The van der Waals surface area contributed by atoms with Crippen LogP contribution < -0.4 is 10.1 Å². The summed E-state index contributed by atoms with van der Waals surface area (Å²) in [6.07, 6.45) is 0. The molecule has 2 aromatic carbocycles. The van der Waals surface area contributed by atoms with Crippen molar-refractivity contribution < 1.29 is 4.74 Å². The largest absolute Gasteiger partial charge is 0.457 e. The highest BCUT2D eigenvalue weighted by Crippen LogP contribution is 2.28. The van der Waals surface area contributed by atoms with Crippen LogP contribution in [0.2, 0.25) is 5.02 Å². The van der Waals surface area contributed by atoms with Crippen LogP contribution in [0.15, 0.2) is 42.5 Å². The minimum atomic E-state index is 0.681. The lowest BCUT2D eigenvalue weighted by Gasteiger charge is -2.12. The normalized spacial score (nSPS) is 10.5. The van der Waals surface area contributed by atoms with Crippen molar-refractivity contribution in [3.8, 4) is 11.5 Å². The Kier molecular flexibility index (Phi) is 5.48. The molecule has 0 unspecified atom stereocenters. The molecule has 2 aromatic rings. The van der Waals surface area contributed by atoms with Gasteiger partial charge >= 0.3 is 0 Å². The third kappa shape index (κ3) is 4.37. The molecule has 0 atom stereocenters. The first-order valence-electron chi connectivity index (χ1n) is 6.11. The molecule has 0 aromatic heterocycles. The lowest BCUT2D eigenvalue weighted by Crippen LogP contribution is -2.12. The number of halogens is 2. The predicted octanol–water partition coefficient (Wildman–Crippen LogP) is 4.85. The summed E-state index contributed by atoms with van der Waals surface area (Å²) < 4.78 is 7.10. The summed E-state index contributed by atoms with van der Waals surface area (Å²) in [6, 6.07) is 13.7. The quantitative estimate of drug-likeness (QED) is 0.741. The maximum atomic E-state index is 6.04. The Bertz CT molecular complexity index is 542. The van der Waals surface area contributed by atoms with Crippen LogP contribution in [0.4, 0.5) is 0 Å². The fourth-order valence-corrected chi connectivity index (χ4v) is 2.18. The van der Waals surface area contributed by atoms with Crippen molar-refractivity contribution >= 4 is 34.2 Å². The van der Waals surface area contributed by atoms with Gasteiger partial charge in [-0.15, -0.1) is 0 Å². The zero-order valence-corrected chi connectivity index (χ0v) is 13.5. The van der Waals surface area contributed by atoms with Gasteiger partial charge in [0.05, 0.1) is 0 Å². The smallest absolute Gasteiger partial charge is 0.133 e. The van der Waals surface area contributed by atoms with Gasteiger partial charge in [0.2, 0.25) is 0 Å². The summed E-state index contributed by atoms with van der Waals surface area (Å²) in [5.74, 6) is 1.62. The maximum absolute atomic E-state index is 6.04. The fourth-order valence-electron chi connectivity index (χ4n) is 1.66. The number of hydrogen-bond acceptors (Lipinski definition) is 2. The van der Waals surface area contributed by atoms with Gasteiger partial charge in [-0.05, 0) is 65.5 Å². The molecule has 0 saturated heterocycles. The summed E-state index contributed by atoms with van der Waals surface area (Å²) in [7, 11) is 0. The summed E-state index contributed by atoms with van der Waals surface area (Å²) >= 11 is 8.31. The highest BCUT2D eigenvalue weighted by atomic mass is 127. The molecule has 0 bridgehead atoms. The predicted molar refractivity (Wildman–Crippen MR) is 88.1 cm³/mol. The van der Waals surface area contributed by atoms with Crippen LogP contribution in [0.25, 0.3) is 0 Å². The van der Waals surface area contributed by atoms with Crippen molar-refractivity contribution in [2.24, 2.45) is 0 Å². The van der Waals surface area contributed by atoms with E-state index in [-0.39, 0.29) is 0 Å². The van der Waals surface area contributed by atoms with Crippen LogP contribution in [0.1, 0.15) is 12.5 Å². The van der Waals surface area contributed by atoms with E-state index in [0.717, 1.165) is 30.2 Å². The van der Waals surface area contributed by atoms with E-state index in [2.05, 4.69) is 34.8 Å². The average molecular weight is 388 g/mol. The Labute approximate surface area is 132 Å². The van der Waals surface area contributed by atoms with E-state index < -0.39 is 0 Å². The number of benzene rings is 2. The van der Waals surface area contributed by atoms with Crippen molar-refractivity contribution in [2.75, 3.05) is 6.54 Å². The Balaban J connectivity index is 2.22. The van der Waals surface area contributed by atoms with Crippen LogP contribution in [-0.2, 0) is 6.54 Å². The van der Waals surface area contributed by atoms with Gasteiger partial charge in [-0.25, -0.2) is 0 Å². The van der Waals surface area contributed by atoms with Crippen molar-refractivity contribution in [1.82, 2.24) is 5.32 Å². The van der Waals surface area contributed by atoms with Crippen LogP contribution in [0, 0.1) is 3.57 Å². The number of rotatable bonds is 5. The second-order valence-corrected chi connectivity index (χ2v) is 5.77. The molecule has 0 aliphatic rings. The van der Waals surface area contributed by atoms with Crippen molar-refractivity contribution in [1.29, 1.82) is 0 Å². The molecule has 0 amide bonds. The van der Waals surface area contributed by atoms with Crippen LogP contribution in [0.3, 0.4) is 0 Å². The first kappa shape index (κ1) is 14.6. The highest BCUT2D eigenvalue weighted by molar-refractivity contribution is 14.1. The van der Waals surface area contributed by atoms with E-state index in [1.807, 2.05) is 42.5 Å². The third-order valence-corrected chi connectivity index (χ3v) is 3.59. The maximum Gasteiger partial charge on any atom is 0.133 e. The minimum absolute atomic E-state index is 0.681. The minimum Gasteiger partial charge on any atom is -0.457 e. The lowest BCUT2D eigenvalue weighted by molar-refractivity contribution is 0.473. The van der Waals surface area contributed by atoms with Gasteiger partial charge < -0.3 is 10.1 Å². The van der Waals surface area contributed by atoms with E-state index in [1.165, 1.54) is 3.57 Å². The molecule has 0 aliphatic heterocycles. The fraction of sp³-hybridized carbons (Fsp3) is 0.200. The summed E-state index contributed by atoms with van der Waals surface area (Å²) in [5.41, 5.74) is 1.10. The zero-order valence-electron chi connectivity index (χ0n) is 10.6. The lowest BCUT2D eigenvalue weighted by atomic mass is 10.2. The van der Waals surface area contributed by atoms with Crippen molar-refractivity contribution in [2.45, 2.75) is 13.5 Å². The number of hydrogen-bond donors (Lipinski definition) is 1. The molecule has 0 heterocycles. The van der Waals surface area contributed by atoms with Crippen LogP contribution >= 0.6 is 34.2 Å². The number of nitrogens with one attached hydrogen (secondary N) is 1. The van der Waals surface area contributed by atoms with Crippen molar-refractivity contribution in [3.63, 3.8) is 0 Å². The Morgan fingerprint density at radius 3 is 2.58 bits per heavy atom. The van der Waals surface area contributed by atoms with E-state index in [9.17, 15) is 0 Å². The summed E-state index contributed by atoms with van der Waals surface area (Å²) in [6.45, 7) is 3.77. The Hall–Kier alpha value is -0.780. The van der Waals surface area contributed by atoms with Gasteiger partial charge in [-0.2, -0.15) is 0 Å². The molecule has 100 valence electrons. The molecule has 0 saturated carbocycles. The van der Waals surface area contributed by atoms with Gasteiger partial charge in [0, 0.05) is 20.7 Å². The molecular weight excluding hydrogens is 373 g/mol. The van der Waals surface area contributed by atoms with Crippen LogP contribution in [-0.4, -0.2) is 6.54 Å². The Morgan fingerprint density at radius 2 is 1.89 bits per heavy atom. The zero-order chi connectivity index (χ0) is 13.7. The van der Waals surface area contributed by atoms with E-state index >= 15 is 0 Å². The van der Waals surface area contributed by atoms with Gasteiger partial charge in [0.1, 0.15) is 11.5 Å². The standard InChI is InChI=1S/C15H15ClINO/c1-2-18-10-11-3-4-12(16)9-15(11)19-14-7-5-13(17)6-8-14/h3-9,18H,2,10H2,1H3. The highest BCUT2D eigenvalue weighted by Gasteiger charge is 2.06. The van der Waals surface area contributed by atoms with Crippen molar-refractivity contribution in [3.05, 3.63) is 56.6 Å². The first-order chi connectivity index (χ1) is 9.19. The second kappa shape index (κ2) is 7.12. The van der Waals surface area contributed by atoms with Gasteiger partial charge in [-0.1, -0.05) is 24.6 Å². The molecule has 2 nitrogen and oxygen atoms in total. The van der Waals surface area contributed by atoms with Gasteiger partial charge in [0.25, 0.3) is 0 Å². The summed E-state index contributed by atoms with van der Waals surface area (Å²) in [4.78, 5) is 0. The summed E-state index contributed by atoms with van der Waals surface area (Å²) in [5, 5.41) is 3.98. The Morgan fingerprint density at radius 1 is 1.16 bits per heavy atom. The molecule has 19 heavy (non-hydrogen) atoms. The molecule has 0 aliphatic carbocycles. The van der Waals surface area contributed by atoms with Gasteiger partial charge in [0.15, 0.2) is 0 Å². The average Bonchev–Trinajstić information content (AvgIpc) is 2.40. The number of ether oxygens (including phenoxy) is 1. The van der Waals surface area contributed by atoms with E-state index in [1.54, 1.807) is 0 Å². The topological polar surface area (TPSA) is 21.3 Å². The van der Waals surface area contributed by atoms with Crippen LogP contribution in [0.5, 0.6) is 11.5 Å². The second-order valence-electron chi connectivity index (χ2n) is 4.09. The molecular formula is C15H15ClINO. The van der Waals surface area contributed by atoms with E-state index in [4.69, 9.17) is 16.3 Å². The third-order valence-electron chi connectivity index (χ3n) is 2.64. The molecule has 2 rings (SSSR count). The van der Waals surface area contributed by atoms with E-state index in [0.29, 0.717) is 5.02 Å². The molecule has 1 N–H and O–H groups in total.